The maximum atomic E-state index is 10.4. The number of nitrogens with one attached hydrogen (secondary N) is 1. The molecule has 0 spiro atoms. The molecule has 0 bridgehead atoms. The molecule has 0 aromatic heterocycles. The Kier molecular flexibility index (Phi) is 5.93. The van der Waals surface area contributed by atoms with Crippen molar-refractivity contribution >= 4 is 0 Å². The van der Waals surface area contributed by atoms with Crippen LogP contribution in [-0.2, 0) is 0 Å². The third-order valence-electron chi connectivity index (χ3n) is 3.70. The number of benzene rings is 2. The highest BCUT2D eigenvalue weighted by Crippen LogP contribution is 2.24. The fourth-order valence-corrected chi connectivity index (χ4v) is 2.46. The average Bonchev–Trinajstić information content (AvgIpc) is 2.56. The SMILES string of the molecule is CCC(NCCO)C(O)c1ccc(-c2ccccc2)cc1. The second-order valence-electron chi connectivity index (χ2n) is 5.13. The molecule has 3 N–H and O–H groups in total. The van der Waals surface area contributed by atoms with Crippen molar-refractivity contribution in [3.63, 3.8) is 0 Å². The molecule has 2 unspecified atom stereocenters. The molecular formula is C18H23NO2. The first kappa shape index (κ1) is 15.7. The number of hydrogen-bond acceptors (Lipinski definition) is 3. The molecule has 0 heterocycles. The molecule has 2 aromatic rings. The Morgan fingerprint density at radius 3 is 2.14 bits per heavy atom. The van der Waals surface area contributed by atoms with E-state index >= 15 is 0 Å². The van der Waals surface area contributed by atoms with Crippen molar-refractivity contribution in [3.05, 3.63) is 60.2 Å². The van der Waals surface area contributed by atoms with Gasteiger partial charge in [-0.25, -0.2) is 0 Å². The minimum Gasteiger partial charge on any atom is -0.395 e. The lowest BCUT2D eigenvalue weighted by Gasteiger charge is -2.23. The summed E-state index contributed by atoms with van der Waals surface area (Å²) in [5.41, 5.74) is 3.21. The van der Waals surface area contributed by atoms with Crippen LogP contribution in [0.2, 0.25) is 0 Å². The van der Waals surface area contributed by atoms with Gasteiger partial charge in [-0.1, -0.05) is 61.5 Å². The van der Waals surface area contributed by atoms with Crippen LogP contribution in [0.25, 0.3) is 11.1 Å². The van der Waals surface area contributed by atoms with Crippen LogP contribution in [0.5, 0.6) is 0 Å². The highest BCUT2D eigenvalue weighted by molar-refractivity contribution is 5.63. The van der Waals surface area contributed by atoms with Gasteiger partial charge < -0.3 is 15.5 Å². The van der Waals surface area contributed by atoms with Crippen molar-refractivity contribution < 1.29 is 10.2 Å². The molecule has 2 rings (SSSR count). The van der Waals surface area contributed by atoms with Crippen LogP contribution in [0.3, 0.4) is 0 Å². The topological polar surface area (TPSA) is 52.5 Å². The molecule has 0 amide bonds. The summed E-state index contributed by atoms with van der Waals surface area (Å²) in [6.07, 6.45) is 0.244. The van der Waals surface area contributed by atoms with Crippen LogP contribution >= 0.6 is 0 Å². The molecule has 2 atom stereocenters. The van der Waals surface area contributed by atoms with Gasteiger partial charge in [-0.2, -0.15) is 0 Å². The first-order chi connectivity index (χ1) is 10.3. The predicted octanol–water partition coefficient (Wildman–Crippen LogP) is 2.75. The number of hydrogen-bond donors (Lipinski definition) is 3. The van der Waals surface area contributed by atoms with Crippen LogP contribution in [0.1, 0.15) is 25.0 Å². The van der Waals surface area contributed by atoms with E-state index in [9.17, 15) is 5.11 Å². The van der Waals surface area contributed by atoms with Crippen molar-refractivity contribution in [3.8, 4) is 11.1 Å². The van der Waals surface area contributed by atoms with Gasteiger partial charge >= 0.3 is 0 Å². The normalized spacial score (nSPS) is 13.9. The predicted molar refractivity (Wildman–Crippen MR) is 86.0 cm³/mol. The standard InChI is InChI=1S/C18H23NO2/c1-2-17(19-12-13-20)18(21)16-10-8-15(9-11-16)14-6-4-3-5-7-14/h3-11,17-21H,2,12-13H2,1H3. The smallest absolute Gasteiger partial charge is 0.0942 e. The lowest BCUT2D eigenvalue weighted by molar-refractivity contribution is 0.122. The van der Waals surface area contributed by atoms with E-state index in [0.29, 0.717) is 6.54 Å². The molecule has 3 heteroatoms. The molecule has 21 heavy (non-hydrogen) atoms. The molecule has 112 valence electrons. The number of aliphatic hydroxyl groups is 2. The Bertz CT molecular complexity index is 525. The quantitative estimate of drug-likeness (QED) is 0.733. The van der Waals surface area contributed by atoms with Gasteiger partial charge in [-0.3, -0.25) is 0 Å². The van der Waals surface area contributed by atoms with E-state index in [1.54, 1.807) is 0 Å². The summed E-state index contributed by atoms with van der Waals surface area (Å²) in [5.74, 6) is 0. The van der Waals surface area contributed by atoms with E-state index in [1.165, 1.54) is 5.56 Å². The van der Waals surface area contributed by atoms with Gasteiger partial charge in [0.05, 0.1) is 12.7 Å². The second-order valence-corrected chi connectivity index (χ2v) is 5.13. The van der Waals surface area contributed by atoms with Crippen LogP contribution in [-0.4, -0.2) is 29.4 Å². The average molecular weight is 285 g/mol. The summed E-state index contributed by atoms with van der Waals surface area (Å²) in [6.45, 7) is 2.60. The Morgan fingerprint density at radius 1 is 0.952 bits per heavy atom. The van der Waals surface area contributed by atoms with Gasteiger partial charge in [0.1, 0.15) is 0 Å². The summed E-state index contributed by atoms with van der Waals surface area (Å²) < 4.78 is 0. The van der Waals surface area contributed by atoms with Gasteiger partial charge in [-0.15, -0.1) is 0 Å². The fourth-order valence-electron chi connectivity index (χ4n) is 2.46. The van der Waals surface area contributed by atoms with Gasteiger partial charge in [0.15, 0.2) is 0 Å². The van der Waals surface area contributed by atoms with Crippen LogP contribution in [0, 0.1) is 0 Å². The molecule has 0 saturated carbocycles. The third kappa shape index (κ3) is 4.14. The van der Waals surface area contributed by atoms with Crippen molar-refractivity contribution in [1.82, 2.24) is 5.32 Å². The monoisotopic (exact) mass is 285 g/mol. The molecule has 2 aromatic carbocycles. The van der Waals surface area contributed by atoms with E-state index in [2.05, 4.69) is 17.4 Å². The maximum Gasteiger partial charge on any atom is 0.0942 e. The Balaban J connectivity index is 2.10. The van der Waals surface area contributed by atoms with Crippen molar-refractivity contribution in [2.75, 3.05) is 13.2 Å². The van der Waals surface area contributed by atoms with E-state index in [1.807, 2.05) is 49.4 Å². The minimum absolute atomic E-state index is 0.0419. The lowest BCUT2D eigenvalue weighted by Crippen LogP contribution is -2.36. The molecule has 0 fully saturated rings. The number of aliphatic hydroxyl groups excluding tert-OH is 2. The highest BCUT2D eigenvalue weighted by Gasteiger charge is 2.18. The van der Waals surface area contributed by atoms with Gasteiger partial charge in [0, 0.05) is 12.6 Å². The van der Waals surface area contributed by atoms with E-state index < -0.39 is 6.10 Å². The van der Waals surface area contributed by atoms with Gasteiger partial charge in [0.25, 0.3) is 0 Å². The van der Waals surface area contributed by atoms with Crippen LogP contribution < -0.4 is 5.32 Å². The van der Waals surface area contributed by atoms with E-state index in [-0.39, 0.29) is 12.6 Å². The maximum absolute atomic E-state index is 10.4. The van der Waals surface area contributed by atoms with Crippen LogP contribution in [0.15, 0.2) is 54.6 Å². The molecule has 0 aliphatic heterocycles. The fraction of sp³-hybridized carbons (Fsp3) is 0.333. The van der Waals surface area contributed by atoms with Gasteiger partial charge in [0.2, 0.25) is 0 Å². The highest BCUT2D eigenvalue weighted by atomic mass is 16.3. The van der Waals surface area contributed by atoms with Crippen molar-refractivity contribution in [2.24, 2.45) is 0 Å². The Labute approximate surface area is 126 Å². The third-order valence-corrected chi connectivity index (χ3v) is 3.70. The largest absolute Gasteiger partial charge is 0.395 e. The zero-order valence-corrected chi connectivity index (χ0v) is 12.4. The van der Waals surface area contributed by atoms with E-state index in [0.717, 1.165) is 17.5 Å². The zero-order chi connectivity index (χ0) is 15.1. The summed E-state index contributed by atoms with van der Waals surface area (Å²) in [6, 6.07) is 18.1. The van der Waals surface area contributed by atoms with Crippen molar-refractivity contribution in [2.45, 2.75) is 25.5 Å². The van der Waals surface area contributed by atoms with Crippen LogP contribution in [0.4, 0.5) is 0 Å². The summed E-state index contributed by atoms with van der Waals surface area (Å²) >= 11 is 0. The first-order valence-corrected chi connectivity index (χ1v) is 7.44. The Morgan fingerprint density at radius 2 is 1.57 bits per heavy atom. The summed E-state index contributed by atoms with van der Waals surface area (Å²) in [4.78, 5) is 0. The molecule has 3 nitrogen and oxygen atoms in total. The Hall–Kier alpha value is -1.68. The minimum atomic E-state index is -0.564. The second kappa shape index (κ2) is 7.93. The zero-order valence-electron chi connectivity index (χ0n) is 12.4. The molecule has 0 aliphatic rings. The van der Waals surface area contributed by atoms with Gasteiger partial charge in [-0.05, 0) is 23.1 Å². The molecule has 0 aliphatic carbocycles. The van der Waals surface area contributed by atoms with Crippen molar-refractivity contribution in [1.29, 1.82) is 0 Å². The van der Waals surface area contributed by atoms with E-state index in [4.69, 9.17) is 5.11 Å². The summed E-state index contributed by atoms with van der Waals surface area (Å²) in [5, 5.41) is 22.5. The molecule has 0 saturated heterocycles. The lowest BCUT2D eigenvalue weighted by atomic mass is 9.97. The molecular weight excluding hydrogens is 262 g/mol. The summed E-state index contributed by atoms with van der Waals surface area (Å²) in [7, 11) is 0. The first-order valence-electron chi connectivity index (χ1n) is 7.44. The molecule has 0 radical (unpaired) electrons. The number of rotatable bonds is 7.